The zero-order valence-corrected chi connectivity index (χ0v) is 7.74. The highest BCUT2D eigenvalue weighted by Crippen LogP contribution is 2.33. The molecular weight excluding hydrogens is 146 g/mol. The maximum atomic E-state index is 4.23. The Bertz CT molecular complexity index is 205. The molecule has 3 unspecified atom stereocenters. The molecular formula is C11H17N. The summed E-state index contributed by atoms with van der Waals surface area (Å²) >= 11 is 0. The molecule has 0 aromatic heterocycles. The number of aliphatic imine (C=N–C) groups is 1. The largest absolute Gasteiger partial charge is 0.269 e. The van der Waals surface area contributed by atoms with E-state index in [-0.39, 0.29) is 0 Å². The third-order valence-electron chi connectivity index (χ3n) is 3.16. The van der Waals surface area contributed by atoms with Crippen molar-refractivity contribution in [3.05, 3.63) is 12.3 Å². The lowest BCUT2D eigenvalue weighted by Gasteiger charge is -2.21. The smallest absolute Gasteiger partial charge is 0.0227 e. The van der Waals surface area contributed by atoms with Gasteiger partial charge in [0.15, 0.2) is 0 Å². The van der Waals surface area contributed by atoms with Crippen molar-refractivity contribution in [2.24, 2.45) is 22.7 Å². The first-order chi connectivity index (χ1) is 5.86. The van der Waals surface area contributed by atoms with Gasteiger partial charge in [0.1, 0.15) is 0 Å². The Hall–Kier alpha value is -0.590. The van der Waals surface area contributed by atoms with E-state index in [2.05, 4.69) is 24.2 Å². The van der Waals surface area contributed by atoms with Gasteiger partial charge in [0.2, 0.25) is 0 Å². The molecule has 1 fully saturated rings. The van der Waals surface area contributed by atoms with Crippen LogP contribution in [-0.4, -0.2) is 6.21 Å². The summed E-state index contributed by atoms with van der Waals surface area (Å²) < 4.78 is 0. The van der Waals surface area contributed by atoms with Crippen molar-refractivity contribution in [1.82, 2.24) is 0 Å². The summed E-state index contributed by atoms with van der Waals surface area (Å²) in [7, 11) is 0. The Kier molecular flexibility index (Phi) is 2.29. The van der Waals surface area contributed by atoms with Gasteiger partial charge in [-0.3, -0.25) is 4.99 Å². The molecule has 2 rings (SSSR count). The quantitative estimate of drug-likeness (QED) is 0.520. The molecule has 0 bridgehead atoms. The fourth-order valence-corrected chi connectivity index (χ4v) is 2.40. The Morgan fingerprint density at radius 1 is 1.25 bits per heavy atom. The Labute approximate surface area is 74.6 Å². The first-order valence-corrected chi connectivity index (χ1v) is 5.06. The first kappa shape index (κ1) is 8.03. The maximum Gasteiger partial charge on any atom is 0.0227 e. The standard InChI is InChI=1S/C11H17N/c1-9-3-2-4-10-5-6-12-8-11(10)7-9/h5-6,8-11H,2-4,7H2,1H3. The van der Waals surface area contributed by atoms with Crippen molar-refractivity contribution in [3.63, 3.8) is 0 Å². The van der Waals surface area contributed by atoms with E-state index in [1.54, 1.807) is 0 Å². The van der Waals surface area contributed by atoms with Crippen molar-refractivity contribution in [1.29, 1.82) is 0 Å². The second-order valence-corrected chi connectivity index (χ2v) is 4.24. The van der Waals surface area contributed by atoms with Crippen LogP contribution < -0.4 is 0 Å². The second kappa shape index (κ2) is 3.42. The SMILES string of the molecule is CC1CCCC2C=CN=CC2C1. The number of rotatable bonds is 0. The van der Waals surface area contributed by atoms with Crippen LogP contribution in [0, 0.1) is 17.8 Å². The average Bonchev–Trinajstić information content (AvgIpc) is 2.25. The van der Waals surface area contributed by atoms with Crippen LogP contribution in [0.4, 0.5) is 0 Å². The van der Waals surface area contributed by atoms with Crippen molar-refractivity contribution >= 4 is 6.21 Å². The molecule has 1 heterocycles. The molecule has 1 heteroatoms. The van der Waals surface area contributed by atoms with E-state index in [0.717, 1.165) is 17.8 Å². The Morgan fingerprint density at radius 3 is 3.08 bits per heavy atom. The highest BCUT2D eigenvalue weighted by molar-refractivity contribution is 5.63. The molecule has 12 heavy (non-hydrogen) atoms. The fourth-order valence-electron chi connectivity index (χ4n) is 2.40. The monoisotopic (exact) mass is 163 g/mol. The van der Waals surface area contributed by atoms with Crippen LogP contribution in [0.5, 0.6) is 0 Å². The molecule has 1 aliphatic carbocycles. The Morgan fingerprint density at radius 2 is 2.17 bits per heavy atom. The van der Waals surface area contributed by atoms with E-state index in [0.29, 0.717) is 0 Å². The van der Waals surface area contributed by atoms with E-state index in [9.17, 15) is 0 Å². The second-order valence-electron chi connectivity index (χ2n) is 4.24. The third kappa shape index (κ3) is 1.60. The molecule has 66 valence electrons. The van der Waals surface area contributed by atoms with Crippen LogP contribution >= 0.6 is 0 Å². The zero-order chi connectivity index (χ0) is 8.39. The van der Waals surface area contributed by atoms with E-state index >= 15 is 0 Å². The van der Waals surface area contributed by atoms with Gasteiger partial charge in [0.05, 0.1) is 0 Å². The van der Waals surface area contributed by atoms with Crippen molar-refractivity contribution in [3.8, 4) is 0 Å². The summed E-state index contributed by atoms with van der Waals surface area (Å²) in [6.07, 6.45) is 12.0. The molecule has 0 N–H and O–H groups in total. The Balaban J connectivity index is 2.08. The van der Waals surface area contributed by atoms with Crippen LogP contribution in [0.1, 0.15) is 32.6 Å². The van der Waals surface area contributed by atoms with Gasteiger partial charge in [0, 0.05) is 18.3 Å². The first-order valence-electron chi connectivity index (χ1n) is 5.06. The summed E-state index contributed by atoms with van der Waals surface area (Å²) in [5, 5.41) is 0. The molecule has 0 saturated heterocycles. The summed E-state index contributed by atoms with van der Waals surface area (Å²) in [6.45, 7) is 2.37. The number of hydrogen-bond acceptors (Lipinski definition) is 1. The van der Waals surface area contributed by atoms with Crippen molar-refractivity contribution in [2.75, 3.05) is 0 Å². The number of fused-ring (bicyclic) bond motifs is 1. The van der Waals surface area contributed by atoms with Crippen LogP contribution in [0.2, 0.25) is 0 Å². The molecule has 0 aromatic rings. The van der Waals surface area contributed by atoms with Gasteiger partial charge < -0.3 is 0 Å². The topological polar surface area (TPSA) is 12.4 Å². The van der Waals surface area contributed by atoms with Gasteiger partial charge in [0.25, 0.3) is 0 Å². The number of nitrogens with zero attached hydrogens (tertiary/aromatic N) is 1. The zero-order valence-electron chi connectivity index (χ0n) is 7.74. The summed E-state index contributed by atoms with van der Waals surface area (Å²) in [4.78, 5) is 4.23. The molecule has 2 aliphatic rings. The molecule has 1 aliphatic heterocycles. The summed E-state index contributed by atoms with van der Waals surface area (Å²) in [5.41, 5.74) is 0. The average molecular weight is 163 g/mol. The van der Waals surface area contributed by atoms with Crippen molar-refractivity contribution < 1.29 is 0 Å². The van der Waals surface area contributed by atoms with E-state index in [4.69, 9.17) is 0 Å². The minimum Gasteiger partial charge on any atom is -0.269 e. The van der Waals surface area contributed by atoms with Crippen LogP contribution in [0.15, 0.2) is 17.3 Å². The van der Waals surface area contributed by atoms with E-state index in [1.165, 1.54) is 25.7 Å². The van der Waals surface area contributed by atoms with Gasteiger partial charge in [-0.15, -0.1) is 0 Å². The number of hydrogen-bond donors (Lipinski definition) is 0. The molecule has 0 aromatic carbocycles. The normalized spacial score (nSPS) is 40.6. The predicted octanol–water partition coefficient (Wildman–Crippen LogP) is 3.03. The van der Waals surface area contributed by atoms with E-state index < -0.39 is 0 Å². The molecule has 0 spiro atoms. The predicted molar refractivity (Wildman–Crippen MR) is 52.2 cm³/mol. The lowest BCUT2D eigenvalue weighted by molar-refractivity contribution is 0.432. The highest BCUT2D eigenvalue weighted by atomic mass is 14.7. The lowest BCUT2D eigenvalue weighted by atomic mass is 9.86. The van der Waals surface area contributed by atoms with Gasteiger partial charge in [-0.25, -0.2) is 0 Å². The minimum absolute atomic E-state index is 0.743. The highest BCUT2D eigenvalue weighted by Gasteiger charge is 2.24. The van der Waals surface area contributed by atoms with Crippen LogP contribution in [0.3, 0.4) is 0 Å². The number of allylic oxidation sites excluding steroid dienone is 1. The van der Waals surface area contributed by atoms with Crippen molar-refractivity contribution in [2.45, 2.75) is 32.6 Å². The van der Waals surface area contributed by atoms with Gasteiger partial charge in [-0.05, 0) is 24.7 Å². The van der Waals surface area contributed by atoms with E-state index in [1.807, 2.05) is 6.20 Å². The summed E-state index contributed by atoms with van der Waals surface area (Å²) in [5.74, 6) is 2.44. The van der Waals surface area contributed by atoms with Crippen LogP contribution in [0.25, 0.3) is 0 Å². The lowest BCUT2D eigenvalue weighted by Crippen LogP contribution is -2.16. The molecule has 3 atom stereocenters. The fraction of sp³-hybridized carbons (Fsp3) is 0.727. The minimum atomic E-state index is 0.743. The van der Waals surface area contributed by atoms with Gasteiger partial charge in [-0.2, -0.15) is 0 Å². The molecule has 1 nitrogen and oxygen atoms in total. The van der Waals surface area contributed by atoms with Gasteiger partial charge >= 0.3 is 0 Å². The molecule has 1 saturated carbocycles. The maximum absolute atomic E-state index is 4.23. The summed E-state index contributed by atoms with van der Waals surface area (Å²) in [6, 6.07) is 0. The van der Waals surface area contributed by atoms with Crippen LogP contribution in [-0.2, 0) is 0 Å². The third-order valence-corrected chi connectivity index (χ3v) is 3.16. The molecule has 0 radical (unpaired) electrons. The van der Waals surface area contributed by atoms with Gasteiger partial charge in [-0.1, -0.05) is 25.8 Å². The molecule has 0 amide bonds.